The summed E-state index contributed by atoms with van der Waals surface area (Å²) in [6.07, 6.45) is 86.6. The smallest absolute Gasteiger partial charge is 0.463 e. The predicted octanol–water partition coefficient (Wildman–Crippen LogP) is 19.9. The molecule has 5 atom stereocenters. The second kappa shape index (κ2) is 68.6. The number of hydrogen-bond donors (Lipinski definition) is 4. The van der Waals surface area contributed by atoms with E-state index in [1.807, 2.05) is 12.2 Å². The third-order valence-electron chi connectivity index (χ3n) is 13.6. The van der Waals surface area contributed by atoms with Crippen molar-refractivity contribution >= 4 is 33.6 Å². The molecular formula is C77H122O16P2. The molecule has 0 aliphatic rings. The minimum Gasteiger partial charge on any atom is -0.463 e. The zero-order chi connectivity index (χ0) is 69.5. The Morgan fingerprint density at radius 2 is 0.537 bits per heavy atom. The standard InChI is InChI=1S/C77H122O16P2/c1-4-7-10-13-16-19-22-25-28-31-33-34-35-36-38-41-42-45-48-51-54-57-60-63-75(80)87-66-72(78)67-89-94(83,84)90-68-73(79)69-91-95(85,86)92-71-74(93-77(82)65-62-59-56-53-50-47-44-39-30-27-24-21-18-15-12-9-6-3)70-88-76(81)64-61-58-55-52-49-46-43-40-37-32-29-26-23-20-17-14-11-8-5-2/h7-12,16-21,25-30,33-34,36-38,40,44,46-47,49,53,56,72-74,78-79H,4-6,13-15,22-24,31-32,35,39,41-43,45,48,50-52,54-55,57-71H2,1-3H3,(H,83,84)(H,85,86)/b10-7-,11-8-,12-9-,19-16-,20-17-,21-18-,28-25-,29-26-,30-27-,34-33-,38-36-,40-37-,47-44-,49-46-,56-53-. The topological polar surface area (TPSA) is 231 Å². The summed E-state index contributed by atoms with van der Waals surface area (Å²) in [5.74, 6) is -1.71. The molecule has 95 heavy (non-hydrogen) atoms. The highest BCUT2D eigenvalue weighted by Crippen LogP contribution is 2.45. The number of aliphatic hydroxyl groups is 2. The summed E-state index contributed by atoms with van der Waals surface area (Å²) >= 11 is 0. The lowest BCUT2D eigenvalue weighted by molar-refractivity contribution is -0.161. The van der Waals surface area contributed by atoms with Crippen molar-refractivity contribution in [3.05, 3.63) is 182 Å². The number of carbonyl (C=O) groups excluding carboxylic acids is 3. The third-order valence-corrected chi connectivity index (χ3v) is 15.5. The van der Waals surface area contributed by atoms with Gasteiger partial charge in [0.1, 0.15) is 25.4 Å². The Labute approximate surface area is 573 Å². The van der Waals surface area contributed by atoms with Gasteiger partial charge in [0.25, 0.3) is 0 Å². The number of esters is 3. The van der Waals surface area contributed by atoms with Gasteiger partial charge in [0.05, 0.1) is 26.4 Å². The van der Waals surface area contributed by atoms with Crippen LogP contribution in [0.15, 0.2) is 182 Å². The average Bonchev–Trinajstić information content (AvgIpc) is 2.05. The monoisotopic (exact) mass is 1360 g/mol. The van der Waals surface area contributed by atoms with Crippen LogP contribution in [0.25, 0.3) is 0 Å². The maximum Gasteiger partial charge on any atom is 0.472 e. The van der Waals surface area contributed by atoms with E-state index in [9.17, 15) is 43.5 Å². The highest BCUT2D eigenvalue weighted by Gasteiger charge is 2.29. The molecule has 0 fully saturated rings. The Kier molecular flexibility index (Phi) is 64.7. The fourth-order valence-corrected chi connectivity index (χ4v) is 9.95. The van der Waals surface area contributed by atoms with Gasteiger partial charge in [-0.15, -0.1) is 0 Å². The van der Waals surface area contributed by atoms with Crippen LogP contribution in [0.3, 0.4) is 0 Å². The summed E-state index contributed by atoms with van der Waals surface area (Å²) < 4.78 is 60.8. The number of hydrogen-bond acceptors (Lipinski definition) is 14. The molecule has 0 aromatic carbocycles. The Balaban J connectivity index is 4.77. The van der Waals surface area contributed by atoms with Gasteiger partial charge in [0.2, 0.25) is 0 Å². The van der Waals surface area contributed by atoms with Gasteiger partial charge in [-0.05, 0) is 148 Å². The normalized spacial score (nSPS) is 15.2. The van der Waals surface area contributed by atoms with E-state index >= 15 is 0 Å². The number of phosphoric acid groups is 2. The third kappa shape index (κ3) is 69.8. The molecule has 0 bridgehead atoms. The van der Waals surface area contributed by atoms with Crippen molar-refractivity contribution in [1.82, 2.24) is 0 Å². The molecule has 0 aliphatic heterocycles. The highest BCUT2D eigenvalue weighted by molar-refractivity contribution is 7.47. The second-order valence-electron chi connectivity index (χ2n) is 22.5. The molecule has 0 aromatic heterocycles. The number of allylic oxidation sites excluding steroid dienone is 30. The van der Waals surface area contributed by atoms with Crippen molar-refractivity contribution in [3.8, 4) is 0 Å². The van der Waals surface area contributed by atoms with Crippen LogP contribution in [-0.4, -0.2) is 95.9 Å². The number of ether oxygens (including phenoxy) is 3. The molecule has 0 rings (SSSR count). The largest absolute Gasteiger partial charge is 0.472 e. The molecule has 0 saturated carbocycles. The van der Waals surface area contributed by atoms with Crippen LogP contribution in [0.2, 0.25) is 0 Å². The Bertz CT molecular complexity index is 2460. The van der Waals surface area contributed by atoms with Crippen molar-refractivity contribution in [3.63, 3.8) is 0 Å². The lowest BCUT2D eigenvalue weighted by atomic mass is 10.1. The van der Waals surface area contributed by atoms with E-state index in [0.717, 1.165) is 161 Å². The van der Waals surface area contributed by atoms with Gasteiger partial charge in [-0.3, -0.25) is 32.5 Å². The predicted molar refractivity (Wildman–Crippen MR) is 389 cm³/mol. The first kappa shape index (κ1) is 89.6. The molecule has 0 aliphatic carbocycles. The fourth-order valence-electron chi connectivity index (χ4n) is 8.36. The number of carbonyl (C=O) groups is 3. The molecular weight excluding hydrogens is 1240 g/mol. The first-order chi connectivity index (χ1) is 46.2. The van der Waals surface area contributed by atoms with Gasteiger partial charge in [-0.25, -0.2) is 9.13 Å². The Hall–Kier alpha value is -5.35. The molecule has 5 unspecified atom stereocenters. The SMILES string of the molecule is CC/C=C\C/C=C\C/C=C\C/C=C\C/C=C\CCCCCCCCCC(=O)OCC(O)COP(=O)(O)OCC(O)COP(=O)(O)OCC(COC(=O)CCCCC/C=C\C/C=C\C/C=C\C/C=C\C/C=C\CC)OC(=O)CCC/C=C\C/C=C\C/C=C\C/C=C\C/C=C\CC. The van der Waals surface area contributed by atoms with Crippen LogP contribution in [0, 0.1) is 0 Å². The summed E-state index contributed by atoms with van der Waals surface area (Å²) in [5, 5.41) is 20.6. The van der Waals surface area contributed by atoms with Gasteiger partial charge in [0.15, 0.2) is 6.10 Å². The molecule has 4 N–H and O–H groups in total. The van der Waals surface area contributed by atoms with Crippen molar-refractivity contribution in [2.24, 2.45) is 0 Å². The van der Waals surface area contributed by atoms with E-state index in [-0.39, 0.29) is 19.3 Å². The first-order valence-electron chi connectivity index (χ1n) is 35.1. The van der Waals surface area contributed by atoms with E-state index in [2.05, 4.69) is 191 Å². The lowest BCUT2D eigenvalue weighted by Crippen LogP contribution is -2.30. The number of phosphoric ester groups is 2. The van der Waals surface area contributed by atoms with E-state index in [1.54, 1.807) is 0 Å². The van der Waals surface area contributed by atoms with Crippen molar-refractivity contribution in [2.75, 3.05) is 39.6 Å². The minimum atomic E-state index is -4.96. The summed E-state index contributed by atoms with van der Waals surface area (Å²) in [4.78, 5) is 58.4. The zero-order valence-electron chi connectivity index (χ0n) is 58.0. The van der Waals surface area contributed by atoms with Crippen LogP contribution < -0.4 is 0 Å². The summed E-state index contributed by atoms with van der Waals surface area (Å²) in [7, 11) is -9.83. The van der Waals surface area contributed by atoms with E-state index in [4.69, 9.17) is 32.3 Å². The number of rotatable bonds is 64. The van der Waals surface area contributed by atoms with Gasteiger partial charge >= 0.3 is 33.6 Å². The van der Waals surface area contributed by atoms with E-state index in [1.165, 1.54) is 0 Å². The van der Waals surface area contributed by atoms with Crippen LogP contribution in [0.1, 0.15) is 226 Å². The second-order valence-corrected chi connectivity index (χ2v) is 25.4. The molecule has 0 saturated heterocycles. The Morgan fingerprint density at radius 3 is 0.874 bits per heavy atom. The molecule has 0 amide bonds. The fraction of sp³-hybridized carbons (Fsp3) is 0.571. The highest BCUT2D eigenvalue weighted by atomic mass is 31.2. The maximum absolute atomic E-state index is 12.9. The molecule has 0 heterocycles. The van der Waals surface area contributed by atoms with Gasteiger partial charge in [-0.2, -0.15) is 0 Å². The maximum atomic E-state index is 12.9. The molecule has 0 radical (unpaired) electrons. The first-order valence-corrected chi connectivity index (χ1v) is 38.1. The van der Waals surface area contributed by atoms with Crippen molar-refractivity contribution in [2.45, 2.75) is 245 Å². The number of unbranched alkanes of at least 4 members (excludes halogenated alkanes) is 11. The summed E-state index contributed by atoms with van der Waals surface area (Å²) in [6.45, 7) is 2.17. The van der Waals surface area contributed by atoms with Crippen LogP contribution in [0.4, 0.5) is 0 Å². The van der Waals surface area contributed by atoms with Crippen molar-refractivity contribution < 1.29 is 75.8 Å². The minimum absolute atomic E-state index is 0.0104. The molecule has 536 valence electrons. The molecule has 16 nitrogen and oxygen atoms in total. The Morgan fingerprint density at radius 1 is 0.295 bits per heavy atom. The molecule has 0 aromatic rings. The molecule has 18 heteroatoms. The number of aliphatic hydroxyl groups excluding tert-OH is 2. The van der Waals surface area contributed by atoms with Crippen LogP contribution >= 0.6 is 15.6 Å². The quantitative estimate of drug-likeness (QED) is 0.0146. The van der Waals surface area contributed by atoms with E-state index in [0.29, 0.717) is 25.7 Å². The van der Waals surface area contributed by atoms with Crippen LogP contribution in [-0.2, 0) is 55.8 Å². The molecule has 0 spiro atoms. The van der Waals surface area contributed by atoms with Gasteiger partial charge in [0, 0.05) is 19.3 Å². The van der Waals surface area contributed by atoms with Crippen LogP contribution in [0.5, 0.6) is 0 Å². The van der Waals surface area contributed by atoms with E-state index < -0.39 is 91.5 Å². The average molecular weight is 1370 g/mol. The van der Waals surface area contributed by atoms with Gasteiger partial charge < -0.3 is 34.2 Å². The summed E-state index contributed by atoms with van der Waals surface area (Å²) in [5.41, 5.74) is 0. The van der Waals surface area contributed by atoms with Crippen molar-refractivity contribution in [1.29, 1.82) is 0 Å². The summed E-state index contributed by atoms with van der Waals surface area (Å²) in [6, 6.07) is 0. The lowest BCUT2D eigenvalue weighted by Gasteiger charge is -2.21. The van der Waals surface area contributed by atoms with Gasteiger partial charge in [-0.1, -0.05) is 242 Å². The zero-order valence-corrected chi connectivity index (χ0v) is 59.8.